The smallest absolute Gasteiger partial charge is 0.311 e. The number of benzene rings is 1. The zero-order chi connectivity index (χ0) is 14.7. The number of ether oxygens (including phenoxy) is 1. The first-order valence-corrected chi connectivity index (χ1v) is 6.18. The zero-order valence-electron chi connectivity index (χ0n) is 11.2. The lowest BCUT2D eigenvalue weighted by Crippen LogP contribution is -1.97. The van der Waals surface area contributed by atoms with Crippen molar-refractivity contribution < 1.29 is 14.8 Å². The van der Waals surface area contributed by atoms with E-state index >= 15 is 0 Å². The third-order valence-electron chi connectivity index (χ3n) is 2.82. The van der Waals surface area contributed by atoms with Crippen LogP contribution in [-0.2, 0) is 6.54 Å². The van der Waals surface area contributed by atoms with Crippen LogP contribution >= 0.6 is 0 Å². The molecule has 0 amide bonds. The van der Waals surface area contributed by atoms with Crippen molar-refractivity contribution >= 4 is 5.69 Å². The second-order valence-electron chi connectivity index (χ2n) is 4.29. The van der Waals surface area contributed by atoms with Crippen molar-refractivity contribution in [3.63, 3.8) is 0 Å². The minimum absolute atomic E-state index is 0.120. The summed E-state index contributed by atoms with van der Waals surface area (Å²) in [5, 5.41) is 24.6. The molecule has 7 nitrogen and oxygen atoms in total. The molecule has 106 valence electrons. The van der Waals surface area contributed by atoms with Crippen molar-refractivity contribution in [2.24, 2.45) is 0 Å². The predicted molar refractivity (Wildman–Crippen MR) is 71.7 cm³/mol. The molecule has 0 spiro atoms. The van der Waals surface area contributed by atoms with E-state index in [0.29, 0.717) is 17.9 Å². The van der Waals surface area contributed by atoms with Crippen LogP contribution < -0.4 is 4.74 Å². The maximum Gasteiger partial charge on any atom is 0.311 e. The molecule has 1 aromatic carbocycles. The molecule has 20 heavy (non-hydrogen) atoms. The van der Waals surface area contributed by atoms with E-state index in [4.69, 9.17) is 4.74 Å². The van der Waals surface area contributed by atoms with Crippen LogP contribution in [0.5, 0.6) is 11.5 Å². The number of aliphatic hydroxyl groups is 1. The molecule has 0 bridgehead atoms. The zero-order valence-corrected chi connectivity index (χ0v) is 11.2. The van der Waals surface area contributed by atoms with Crippen LogP contribution in [0.1, 0.15) is 25.5 Å². The largest absolute Gasteiger partial charge is 0.447 e. The van der Waals surface area contributed by atoms with Crippen LogP contribution in [0.2, 0.25) is 0 Å². The molecule has 0 saturated carbocycles. The van der Waals surface area contributed by atoms with Crippen molar-refractivity contribution in [2.45, 2.75) is 26.5 Å². The van der Waals surface area contributed by atoms with Gasteiger partial charge in [0.15, 0.2) is 5.75 Å². The van der Waals surface area contributed by atoms with E-state index in [1.807, 2.05) is 6.92 Å². The van der Waals surface area contributed by atoms with Gasteiger partial charge in [-0.1, -0.05) is 6.07 Å². The maximum absolute atomic E-state index is 11.1. The molecular weight excluding hydrogens is 262 g/mol. The number of nitro groups is 1. The van der Waals surface area contributed by atoms with Crippen LogP contribution in [-0.4, -0.2) is 19.8 Å². The highest BCUT2D eigenvalue weighted by atomic mass is 16.6. The van der Waals surface area contributed by atoms with E-state index in [9.17, 15) is 15.2 Å². The molecule has 7 heteroatoms. The first-order valence-electron chi connectivity index (χ1n) is 6.18. The Labute approximate surface area is 115 Å². The number of rotatable bonds is 5. The topological polar surface area (TPSA) is 90.4 Å². The fourth-order valence-corrected chi connectivity index (χ4v) is 1.72. The van der Waals surface area contributed by atoms with E-state index < -0.39 is 11.0 Å². The molecule has 0 aliphatic carbocycles. The molecule has 0 fully saturated rings. The van der Waals surface area contributed by atoms with E-state index in [-0.39, 0.29) is 11.4 Å². The summed E-state index contributed by atoms with van der Waals surface area (Å²) in [5.41, 5.74) is 0.279. The van der Waals surface area contributed by atoms with Gasteiger partial charge in [-0.05, 0) is 25.5 Å². The first kappa shape index (κ1) is 14.0. The molecule has 0 unspecified atom stereocenters. The summed E-state index contributed by atoms with van der Waals surface area (Å²) in [5.74, 6) is 0.551. The first-order chi connectivity index (χ1) is 9.51. The minimum Gasteiger partial charge on any atom is -0.447 e. The summed E-state index contributed by atoms with van der Waals surface area (Å²) >= 11 is 0. The van der Waals surface area contributed by atoms with Crippen LogP contribution in [0, 0.1) is 10.1 Å². The van der Waals surface area contributed by atoms with Gasteiger partial charge >= 0.3 is 5.69 Å². The van der Waals surface area contributed by atoms with Gasteiger partial charge in [-0.3, -0.25) is 14.8 Å². The Morgan fingerprint density at radius 1 is 1.55 bits per heavy atom. The number of nitro benzene ring substituents is 1. The fourth-order valence-electron chi connectivity index (χ4n) is 1.72. The van der Waals surface area contributed by atoms with Crippen molar-refractivity contribution in [1.29, 1.82) is 0 Å². The van der Waals surface area contributed by atoms with Crippen LogP contribution in [0.4, 0.5) is 5.69 Å². The Bertz CT molecular complexity index is 622. The van der Waals surface area contributed by atoms with Gasteiger partial charge in [0.25, 0.3) is 0 Å². The van der Waals surface area contributed by atoms with E-state index in [0.717, 1.165) is 0 Å². The van der Waals surface area contributed by atoms with E-state index in [1.54, 1.807) is 23.9 Å². The van der Waals surface area contributed by atoms with Crippen LogP contribution in [0.15, 0.2) is 30.6 Å². The quantitative estimate of drug-likeness (QED) is 0.670. The highest BCUT2D eigenvalue weighted by Gasteiger charge is 2.18. The molecule has 1 heterocycles. The number of aliphatic hydroxyl groups excluding tert-OH is 1. The number of aryl methyl sites for hydroxylation is 1. The number of nitrogens with zero attached hydrogens (tertiary/aromatic N) is 3. The van der Waals surface area contributed by atoms with Gasteiger partial charge in [-0.25, -0.2) is 0 Å². The van der Waals surface area contributed by atoms with Crippen molar-refractivity contribution in [3.05, 3.63) is 46.3 Å². The van der Waals surface area contributed by atoms with Crippen LogP contribution in [0.25, 0.3) is 0 Å². The molecular formula is C13H15N3O4. The van der Waals surface area contributed by atoms with Gasteiger partial charge in [0.2, 0.25) is 5.75 Å². The number of hydrogen-bond donors (Lipinski definition) is 1. The Morgan fingerprint density at radius 2 is 2.30 bits per heavy atom. The average molecular weight is 277 g/mol. The normalized spacial score (nSPS) is 12.2. The van der Waals surface area contributed by atoms with Crippen LogP contribution in [0.3, 0.4) is 0 Å². The number of hydrogen-bond acceptors (Lipinski definition) is 5. The van der Waals surface area contributed by atoms with Gasteiger partial charge in [-0.15, -0.1) is 0 Å². The SMILES string of the molecule is CCn1cc(Oc2ccc([C@H](C)O)cc2[N+](=O)[O-])cn1. The summed E-state index contributed by atoms with van der Waals surface area (Å²) in [6, 6.07) is 4.38. The van der Waals surface area contributed by atoms with Gasteiger partial charge < -0.3 is 9.84 Å². The lowest BCUT2D eigenvalue weighted by atomic mass is 10.1. The molecule has 0 aliphatic rings. The monoisotopic (exact) mass is 277 g/mol. The van der Waals surface area contributed by atoms with Crippen molar-refractivity contribution in [1.82, 2.24) is 9.78 Å². The predicted octanol–water partition coefficient (Wildman–Crippen LogP) is 2.66. The molecule has 1 aromatic heterocycles. The molecule has 1 N–H and O–H groups in total. The van der Waals surface area contributed by atoms with Gasteiger partial charge in [-0.2, -0.15) is 5.10 Å². The molecule has 0 saturated heterocycles. The lowest BCUT2D eigenvalue weighted by Gasteiger charge is -2.08. The third-order valence-corrected chi connectivity index (χ3v) is 2.82. The molecule has 0 radical (unpaired) electrons. The Hall–Kier alpha value is -2.41. The second-order valence-corrected chi connectivity index (χ2v) is 4.29. The lowest BCUT2D eigenvalue weighted by molar-refractivity contribution is -0.385. The Morgan fingerprint density at radius 3 is 2.85 bits per heavy atom. The molecule has 2 aromatic rings. The summed E-state index contributed by atoms with van der Waals surface area (Å²) in [4.78, 5) is 10.5. The third kappa shape index (κ3) is 2.94. The standard InChI is InChI=1S/C13H15N3O4/c1-3-15-8-11(7-14-15)20-13-5-4-10(9(2)17)6-12(13)16(18)19/h4-9,17H,3H2,1-2H3/t9-/m0/s1. The summed E-state index contributed by atoms with van der Waals surface area (Å²) < 4.78 is 7.14. The van der Waals surface area contributed by atoms with Crippen molar-refractivity contribution in [2.75, 3.05) is 0 Å². The fraction of sp³-hybridized carbons (Fsp3) is 0.308. The molecule has 1 atom stereocenters. The Balaban J connectivity index is 2.33. The Kier molecular flexibility index (Phi) is 3.99. The van der Waals surface area contributed by atoms with E-state index in [2.05, 4.69) is 5.10 Å². The summed E-state index contributed by atoms with van der Waals surface area (Å²) in [6.45, 7) is 4.16. The summed E-state index contributed by atoms with van der Waals surface area (Å²) in [6.07, 6.45) is 2.38. The highest BCUT2D eigenvalue weighted by molar-refractivity contribution is 5.50. The van der Waals surface area contributed by atoms with E-state index in [1.165, 1.54) is 18.3 Å². The maximum atomic E-state index is 11.1. The van der Waals surface area contributed by atoms with Gasteiger partial charge in [0.1, 0.15) is 0 Å². The highest BCUT2D eigenvalue weighted by Crippen LogP contribution is 2.33. The number of aromatic nitrogens is 2. The molecule has 0 aliphatic heterocycles. The summed E-state index contributed by atoms with van der Waals surface area (Å²) in [7, 11) is 0. The van der Waals surface area contributed by atoms with Crippen molar-refractivity contribution in [3.8, 4) is 11.5 Å². The van der Waals surface area contributed by atoms with Gasteiger partial charge in [0, 0.05) is 12.6 Å². The second kappa shape index (κ2) is 5.70. The minimum atomic E-state index is -0.773. The average Bonchev–Trinajstić information content (AvgIpc) is 2.86. The van der Waals surface area contributed by atoms with Gasteiger partial charge in [0.05, 0.1) is 23.4 Å². The molecule has 2 rings (SSSR count).